The molecule has 1 aromatic carbocycles. The Bertz CT molecular complexity index is 715. The van der Waals surface area contributed by atoms with Crippen LogP contribution in [0.1, 0.15) is 25.7 Å². The number of ether oxygens (including phenoxy) is 1. The van der Waals surface area contributed by atoms with Crippen molar-refractivity contribution >= 4 is 17.5 Å². The molecule has 1 atom stereocenters. The second-order valence-electron chi connectivity index (χ2n) is 8.28. The molecule has 3 fully saturated rings. The maximum absolute atomic E-state index is 12.7. The minimum absolute atomic E-state index is 0.113. The van der Waals surface area contributed by atoms with Gasteiger partial charge in [-0.1, -0.05) is 0 Å². The molecule has 3 saturated heterocycles. The Kier molecular flexibility index (Phi) is 6.23. The lowest BCUT2D eigenvalue weighted by Crippen LogP contribution is -2.56. The van der Waals surface area contributed by atoms with Gasteiger partial charge in [-0.2, -0.15) is 0 Å². The average molecular weight is 401 g/mol. The van der Waals surface area contributed by atoms with Crippen molar-refractivity contribution in [3.63, 3.8) is 0 Å². The van der Waals surface area contributed by atoms with Crippen molar-refractivity contribution in [1.82, 2.24) is 14.7 Å². The number of methoxy groups -OCH3 is 1. The number of piperidine rings is 1. The van der Waals surface area contributed by atoms with Gasteiger partial charge in [-0.3, -0.25) is 14.5 Å². The van der Waals surface area contributed by atoms with Crippen LogP contribution in [0.15, 0.2) is 24.3 Å². The lowest BCUT2D eigenvalue weighted by atomic mass is 10.0. The summed E-state index contributed by atoms with van der Waals surface area (Å²) in [5, 5.41) is 0. The van der Waals surface area contributed by atoms with E-state index in [1.807, 2.05) is 17.0 Å². The van der Waals surface area contributed by atoms with Gasteiger partial charge in [-0.25, -0.2) is 0 Å². The van der Waals surface area contributed by atoms with Crippen LogP contribution in [0.4, 0.5) is 5.69 Å². The Balaban J connectivity index is 1.28. The number of anilines is 1. The van der Waals surface area contributed by atoms with Gasteiger partial charge in [0, 0.05) is 64.0 Å². The number of carbonyl (C=O) groups excluding carboxylic acids is 2. The number of piperazine rings is 1. The summed E-state index contributed by atoms with van der Waals surface area (Å²) in [5.74, 6) is 1.12. The zero-order chi connectivity index (χ0) is 20.2. The molecule has 0 aliphatic carbocycles. The first-order valence-corrected chi connectivity index (χ1v) is 10.8. The van der Waals surface area contributed by atoms with Gasteiger partial charge in [0.25, 0.3) is 0 Å². The van der Waals surface area contributed by atoms with E-state index in [1.165, 1.54) is 5.69 Å². The minimum Gasteiger partial charge on any atom is -0.497 e. The molecule has 2 amide bonds. The van der Waals surface area contributed by atoms with Crippen LogP contribution >= 0.6 is 0 Å². The Morgan fingerprint density at radius 1 is 1.03 bits per heavy atom. The third kappa shape index (κ3) is 4.66. The van der Waals surface area contributed by atoms with Crippen LogP contribution < -0.4 is 9.64 Å². The number of carbonyl (C=O) groups is 2. The van der Waals surface area contributed by atoms with E-state index in [-0.39, 0.29) is 18.4 Å². The van der Waals surface area contributed by atoms with Crippen LogP contribution in [0, 0.1) is 0 Å². The smallest absolute Gasteiger partial charge is 0.242 e. The summed E-state index contributed by atoms with van der Waals surface area (Å²) in [5.41, 5.74) is 1.24. The number of nitrogens with zero attached hydrogens (tertiary/aromatic N) is 4. The van der Waals surface area contributed by atoms with E-state index in [0.717, 1.165) is 70.8 Å². The number of rotatable bonds is 5. The van der Waals surface area contributed by atoms with Gasteiger partial charge in [0.15, 0.2) is 0 Å². The lowest BCUT2D eigenvalue weighted by molar-refractivity contribution is -0.139. The number of likely N-dealkylation sites (tertiary alicyclic amines) is 2. The Morgan fingerprint density at radius 3 is 2.45 bits per heavy atom. The summed E-state index contributed by atoms with van der Waals surface area (Å²) in [6.07, 6.45) is 3.67. The van der Waals surface area contributed by atoms with E-state index in [4.69, 9.17) is 4.74 Å². The van der Waals surface area contributed by atoms with Crippen LogP contribution in [0.5, 0.6) is 5.75 Å². The van der Waals surface area contributed by atoms with Crippen molar-refractivity contribution in [2.75, 3.05) is 64.4 Å². The zero-order valence-electron chi connectivity index (χ0n) is 17.4. The summed E-state index contributed by atoms with van der Waals surface area (Å²) in [7, 11) is 1.69. The van der Waals surface area contributed by atoms with Crippen molar-refractivity contribution in [3.8, 4) is 5.75 Å². The second kappa shape index (κ2) is 9.03. The summed E-state index contributed by atoms with van der Waals surface area (Å²) >= 11 is 0. The van der Waals surface area contributed by atoms with Crippen LogP contribution in [-0.4, -0.2) is 92.0 Å². The quantitative estimate of drug-likeness (QED) is 0.749. The Labute approximate surface area is 173 Å². The molecule has 0 N–H and O–H groups in total. The molecule has 0 unspecified atom stereocenters. The van der Waals surface area contributed by atoms with Gasteiger partial charge in [0.05, 0.1) is 13.7 Å². The van der Waals surface area contributed by atoms with Crippen molar-refractivity contribution in [2.24, 2.45) is 0 Å². The maximum Gasteiger partial charge on any atom is 0.242 e. The molecule has 3 aliphatic heterocycles. The highest BCUT2D eigenvalue weighted by atomic mass is 16.5. The molecule has 3 heterocycles. The monoisotopic (exact) mass is 400 g/mol. The molecule has 1 aromatic rings. The minimum atomic E-state index is 0.113. The first-order valence-electron chi connectivity index (χ1n) is 10.8. The van der Waals surface area contributed by atoms with E-state index in [0.29, 0.717) is 12.5 Å². The summed E-state index contributed by atoms with van der Waals surface area (Å²) in [4.78, 5) is 33.2. The fourth-order valence-corrected chi connectivity index (χ4v) is 4.75. The SMILES string of the molecule is COc1ccc(N2CCN([C@@H]3CCCN(C(=O)CN4CCCC4=O)C3)CC2)cc1. The first-order chi connectivity index (χ1) is 14.1. The van der Waals surface area contributed by atoms with Gasteiger partial charge >= 0.3 is 0 Å². The molecule has 7 nitrogen and oxygen atoms in total. The molecular formula is C22H32N4O3. The number of hydrogen-bond donors (Lipinski definition) is 0. The normalized spacial score (nSPS) is 23.6. The average Bonchev–Trinajstić information content (AvgIpc) is 3.18. The van der Waals surface area contributed by atoms with Gasteiger partial charge in [-0.15, -0.1) is 0 Å². The zero-order valence-corrected chi connectivity index (χ0v) is 17.4. The number of amides is 2. The summed E-state index contributed by atoms with van der Waals surface area (Å²) in [6.45, 7) is 6.64. The largest absolute Gasteiger partial charge is 0.497 e. The highest BCUT2D eigenvalue weighted by Crippen LogP contribution is 2.23. The maximum atomic E-state index is 12.7. The highest BCUT2D eigenvalue weighted by Gasteiger charge is 2.31. The number of benzene rings is 1. The van der Waals surface area contributed by atoms with E-state index >= 15 is 0 Å². The van der Waals surface area contributed by atoms with E-state index in [2.05, 4.69) is 21.9 Å². The molecule has 29 heavy (non-hydrogen) atoms. The molecule has 3 aliphatic rings. The van der Waals surface area contributed by atoms with Gasteiger partial charge in [-0.05, 0) is 43.5 Å². The summed E-state index contributed by atoms with van der Waals surface area (Å²) < 4.78 is 5.25. The number of hydrogen-bond acceptors (Lipinski definition) is 5. The van der Waals surface area contributed by atoms with Crippen molar-refractivity contribution in [3.05, 3.63) is 24.3 Å². The molecule has 0 saturated carbocycles. The van der Waals surface area contributed by atoms with Gasteiger partial charge in [0.2, 0.25) is 11.8 Å². The molecule has 0 spiro atoms. The second-order valence-corrected chi connectivity index (χ2v) is 8.28. The summed E-state index contributed by atoms with van der Waals surface area (Å²) in [6, 6.07) is 8.69. The van der Waals surface area contributed by atoms with Gasteiger partial charge < -0.3 is 19.4 Å². The standard InChI is InChI=1S/C22H32N4O3/c1-29-20-8-6-18(7-9-20)23-12-14-24(15-13-23)19-4-2-10-25(16-19)22(28)17-26-11-3-5-21(26)27/h6-9,19H,2-5,10-17H2,1H3/t19-/m1/s1. The molecule has 7 heteroatoms. The van der Waals surface area contributed by atoms with Crippen molar-refractivity contribution < 1.29 is 14.3 Å². The van der Waals surface area contributed by atoms with Crippen molar-refractivity contribution in [1.29, 1.82) is 0 Å². The molecule has 0 aromatic heterocycles. The topological polar surface area (TPSA) is 56.3 Å². The molecule has 0 bridgehead atoms. The first kappa shape index (κ1) is 20.0. The fourth-order valence-electron chi connectivity index (χ4n) is 4.75. The fraction of sp³-hybridized carbons (Fsp3) is 0.636. The highest BCUT2D eigenvalue weighted by molar-refractivity contribution is 5.86. The van der Waals surface area contributed by atoms with Crippen LogP contribution in [-0.2, 0) is 9.59 Å². The van der Waals surface area contributed by atoms with E-state index < -0.39 is 0 Å². The van der Waals surface area contributed by atoms with Crippen LogP contribution in [0.3, 0.4) is 0 Å². The molecule has 158 valence electrons. The lowest BCUT2D eigenvalue weighted by Gasteiger charge is -2.44. The molecular weight excluding hydrogens is 368 g/mol. The van der Waals surface area contributed by atoms with Crippen LogP contribution in [0.2, 0.25) is 0 Å². The van der Waals surface area contributed by atoms with Crippen LogP contribution in [0.25, 0.3) is 0 Å². The molecule has 0 radical (unpaired) electrons. The van der Waals surface area contributed by atoms with E-state index in [9.17, 15) is 9.59 Å². The van der Waals surface area contributed by atoms with E-state index in [1.54, 1.807) is 12.0 Å². The van der Waals surface area contributed by atoms with Gasteiger partial charge in [0.1, 0.15) is 5.75 Å². The predicted molar refractivity (Wildman–Crippen MR) is 112 cm³/mol. The van der Waals surface area contributed by atoms with Crippen molar-refractivity contribution in [2.45, 2.75) is 31.7 Å². The third-order valence-corrected chi connectivity index (χ3v) is 6.51. The third-order valence-electron chi connectivity index (χ3n) is 6.51. The Morgan fingerprint density at radius 2 is 1.79 bits per heavy atom. The molecule has 4 rings (SSSR count). The predicted octanol–water partition coefficient (Wildman–Crippen LogP) is 1.43. The Hall–Kier alpha value is -2.28.